The van der Waals surface area contributed by atoms with E-state index >= 15 is 0 Å². The minimum absolute atomic E-state index is 0.196. The Morgan fingerprint density at radius 1 is 1.21 bits per heavy atom. The van der Waals surface area contributed by atoms with Crippen LogP contribution in [0.5, 0.6) is 0 Å². The van der Waals surface area contributed by atoms with Crippen molar-refractivity contribution >= 4 is 17.5 Å². The predicted octanol–water partition coefficient (Wildman–Crippen LogP) is 2.13. The zero-order valence-corrected chi connectivity index (χ0v) is 14.0. The quantitative estimate of drug-likeness (QED) is 0.831. The Bertz CT molecular complexity index is 611. The summed E-state index contributed by atoms with van der Waals surface area (Å²) in [5.74, 6) is -1.80. The van der Waals surface area contributed by atoms with Crippen LogP contribution in [0.2, 0.25) is 0 Å². The van der Waals surface area contributed by atoms with Crippen LogP contribution in [0.25, 0.3) is 0 Å². The van der Waals surface area contributed by atoms with Gasteiger partial charge in [0, 0.05) is 25.1 Å². The molecule has 6 heteroatoms. The fourth-order valence-electron chi connectivity index (χ4n) is 3.27. The minimum atomic E-state index is -0.674. The van der Waals surface area contributed by atoms with E-state index in [-0.39, 0.29) is 12.6 Å². The van der Waals surface area contributed by atoms with Crippen molar-refractivity contribution < 1.29 is 19.1 Å². The zero-order chi connectivity index (χ0) is 17.0. The van der Waals surface area contributed by atoms with Gasteiger partial charge in [-0.3, -0.25) is 9.59 Å². The van der Waals surface area contributed by atoms with Gasteiger partial charge in [0.1, 0.15) is 6.10 Å². The van der Waals surface area contributed by atoms with Gasteiger partial charge in [0.25, 0.3) is 0 Å². The van der Waals surface area contributed by atoms with Crippen LogP contribution in [0, 0.1) is 6.92 Å². The number of ether oxygens (including phenoxy) is 2. The van der Waals surface area contributed by atoms with Gasteiger partial charge in [0.05, 0.1) is 6.61 Å². The second-order valence-corrected chi connectivity index (χ2v) is 6.56. The summed E-state index contributed by atoms with van der Waals surface area (Å²) in [6, 6.07) is 7.31. The van der Waals surface area contributed by atoms with Crippen LogP contribution >= 0.6 is 0 Å². The molecular formula is C18H24N2O4. The molecule has 1 aliphatic heterocycles. The van der Waals surface area contributed by atoms with Crippen LogP contribution in [-0.2, 0) is 19.1 Å². The molecule has 2 aliphatic rings. The largest absolute Gasteiger partial charge is 0.347 e. The first-order valence-electron chi connectivity index (χ1n) is 8.54. The monoisotopic (exact) mass is 332 g/mol. The molecule has 2 N–H and O–H groups in total. The second-order valence-electron chi connectivity index (χ2n) is 6.56. The third-order valence-electron chi connectivity index (χ3n) is 4.50. The van der Waals surface area contributed by atoms with Gasteiger partial charge in [-0.15, -0.1) is 0 Å². The molecule has 1 atom stereocenters. The topological polar surface area (TPSA) is 76.7 Å². The van der Waals surface area contributed by atoms with Gasteiger partial charge in [-0.05, 0) is 37.5 Å². The lowest BCUT2D eigenvalue weighted by Crippen LogP contribution is -2.41. The lowest BCUT2D eigenvalue weighted by molar-refractivity contribution is -0.186. The van der Waals surface area contributed by atoms with Crippen molar-refractivity contribution in [2.75, 3.05) is 18.5 Å². The molecule has 0 unspecified atom stereocenters. The van der Waals surface area contributed by atoms with Crippen LogP contribution in [0.3, 0.4) is 0 Å². The van der Waals surface area contributed by atoms with Crippen LogP contribution in [0.1, 0.15) is 37.7 Å². The molecule has 0 bridgehead atoms. The van der Waals surface area contributed by atoms with E-state index in [0.29, 0.717) is 12.3 Å². The smallest absolute Gasteiger partial charge is 0.313 e. The molecule has 1 spiro atoms. The van der Waals surface area contributed by atoms with E-state index in [9.17, 15) is 9.59 Å². The highest BCUT2D eigenvalue weighted by atomic mass is 16.7. The molecule has 1 aromatic rings. The van der Waals surface area contributed by atoms with Gasteiger partial charge in [0.2, 0.25) is 0 Å². The Morgan fingerprint density at radius 2 is 2.00 bits per heavy atom. The number of carbonyl (C=O) groups excluding carboxylic acids is 2. The number of rotatable bonds is 3. The number of hydrogen-bond donors (Lipinski definition) is 2. The molecular weight excluding hydrogens is 308 g/mol. The van der Waals surface area contributed by atoms with Crippen LogP contribution in [0.4, 0.5) is 5.69 Å². The maximum Gasteiger partial charge on any atom is 0.313 e. The zero-order valence-electron chi connectivity index (χ0n) is 14.0. The molecule has 2 amide bonds. The van der Waals surface area contributed by atoms with Gasteiger partial charge in [0.15, 0.2) is 5.79 Å². The Morgan fingerprint density at radius 3 is 2.75 bits per heavy atom. The molecule has 24 heavy (non-hydrogen) atoms. The summed E-state index contributed by atoms with van der Waals surface area (Å²) in [6.45, 7) is 2.66. The number of amides is 2. The van der Waals surface area contributed by atoms with Gasteiger partial charge in [-0.25, -0.2) is 0 Å². The van der Waals surface area contributed by atoms with Gasteiger partial charge in [-0.2, -0.15) is 0 Å². The fourth-order valence-corrected chi connectivity index (χ4v) is 3.27. The molecule has 1 saturated heterocycles. The molecule has 1 saturated carbocycles. The molecule has 2 fully saturated rings. The molecule has 6 nitrogen and oxygen atoms in total. The number of anilines is 1. The average molecular weight is 332 g/mol. The molecule has 1 heterocycles. The van der Waals surface area contributed by atoms with Crippen molar-refractivity contribution in [2.24, 2.45) is 0 Å². The maximum atomic E-state index is 11.9. The Labute approximate surface area is 141 Å². The average Bonchev–Trinajstić information content (AvgIpc) is 2.96. The first kappa shape index (κ1) is 16.9. The van der Waals surface area contributed by atoms with E-state index in [1.54, 1.807) is 6.07 Å². The number of nitrogens with one attached hydrogen (secondary N) is 2. The highest BCUT2D eigenvalue weighted by Gasteiger charge is 2.42. The molecule has 0 radical (unpaired) electrons. The van der Waals surface area contributed by atoms with Crippen molar-refractivity contribution in [2.45, 2.75) is 50.9 Å². The lowest BCUT2D eigenvalue weighted by Gasteiger charge is -2.31. The van der Waals surface area contributed by atoms with Crippen molar-refractivity contribution in [3.05, 3.63) is 29.8 Å². The first-order valence-corrected chi connectivity index (χ1v) is 8.54. The Kier molecular flexibility index (Phi) is 5.16. The van der Waals surface area contributed by atoms with E-state index in [0.717, 1.165) is 31.2 Å². The summed E-state index contributed by atoms with van der Waals surface area (Å²) >= 11 is 0. The minimum Gasteiger partial charge on any atom is -0.347 e. The van der Waals surface area contributed by atoms with Gasteiger partial charge in [-0.1, -0.05) is 18.6 Å². The molecule has 3 rings (SSSR count). The summed E-state index contributed by atoms with van der Waals surface area (Å²) in [5, 5.41) is 5.22. The van der Waals surface area contributed by atoms with E-state index in [1.165, 1.54) is 6.42 Å². The standard InChI is InChI=1S/C18H24N2O4/c1-13-6-5-7-14(10-13)20-17(22)16(21)19-11-15-12-23-18(24-15)8-3-2-4-9-18/h5-7,10,15H,2-4,8-9,11-12H2,1H3,(H,19,21)(H,20,22)/t15-/m1/s1. The Hall–Kier alpha value is -1.92. The summed E-state index contributed by atoms with van der Waals surface area (Å²) < 4.78 is 11.8. The number of aryl methyl sites for hydroxylation is 1. The van der Waals surface area contributed by atoms with E-state index in [2.05, 4.69) is 10.6 Å². The van der Waals surface area contributed by atoms with Crippen LogP contribution in [0.15, 0.2) is 24.3 Å². The van der Waals surface area contributed by atoms with Crippen LogP contribution < -0.4 is 10.6 Å². The van der Waals surface area contributed by atoms with E-state index < -0.39 is 17.6 Å². The van der Waals surface area contributed by atoms with Crippen LogP contribution in [-0.4, -0.2) is 36.9 Å². The number of benzene rings is 1. The van der Waals surface area contributed by atoms with E-state index in [4.69, 9.17) is 9.47 Å². The first-order chi connectivity index (χ1) is 11.6. The molecule has 1 aromatic carbocycles. The predicted molar refractivity (Wildman–Crippen MR) is 89.5 cm³/mol. The summed E-state index contributed by atoms with van der Waals surface area (Å²) in [7, 11) is 0. The van der Waals surface area contributed by atoms with Crippen molar-refractivity contribution in [3.63, 3.8) is 0 Å². The number of hydrogen-bond acceptors (Lipinski definition) is 4. The number of carbonyl (C=O) groups is 2. The summed E-state index contributed by atoms with van der Waals surface area (Å²) in [5.41, 5.74) is 1.62. The fraction of sp³-hybridized carbons (Fsp3) is 0.556. The third-order valence-corrected chi connectivity index (χ3v) is 4.50. The highest BCUT2D eigenvalue weighted by Crippen LogP contribution is 2.37. The Balaban J connectivity index is 1.44. The SMILES string of the molecule is Cc1cccc(NC(=O)C(=O)NC[C@@H]2COC3(CCCCC3)O2)c1. The van der Waals surface area contributed by atoms with Crippen molar-refractivity contribution in [3.8, 4) is 0 Å². The van der Waals surface area contributed by atoms with Crippen molar-refractivity contribution in [1.29, 1.82) is 0 Å². The third kappa shape index (κ3) is 4.13. The summed E-state index contributed by atoms with van der Waals surface area (Å²) in [6.07, 6.45) is 5.06. The van der Waals surface area contributed by atoms with E-state index in [1.807, 2.05) is 25.1 Å². The van der Waals surface area contributed by atoms with Crippen molar-refractivity contribution in [1.82, 2.24) is 5.32 Å². The highest BCUT2D eigenvalue weighted by molar-refractivity contribution is 6.39. The van der Waals surface area contributed by atoms with Gasteiger partial charge >= 0.3 is 11.8 Å². The van der Waals surface area contributed by atoms with Gasteiger partial charge < -0.3 is 20.1 Å². The molecule has 130 valence electrons. The lowest BCUT2D eigenvalue weighted by atomic mass is 9.94. The normalized spacial score (nSPS) is 22.3. The second kappa shape index (κ2) is 7.32. The summed E-state index contributed by atoms with van der Waals surface area (Å²) in [4.78, 5) is 23.9. The molecule has 1 aliphatic carbocycles. The molecule has 0 aromatic heterocycles. The maximum absolute atomic E-state index is 11.9.